The monoisotopic (exact) mass is 345 g/mol. The number of amides is 1. The minimum absolute atomic E-state index is 0.102. The van der Waals surface area contributed by atoms with Crippen molar-refractivity contribution in [1.29, 1.82) is 0 Å². The van der Waals surface area contributed by atoms with Crippen molar-refractivity contribution in [2.45, 2.75) is 17.3 Å². The van der Waals surface area contributed by atoms with Crippen molar-refractivity contribution < 1.29 is 4.79 Å². The lowest BCUT2D eigenvalue weighted by Crippen LogP contribution is -2.23. The third-order valence-corrected chi connectivity index (χ3v) is 5.00. The number of aromatic nitrogens is 2. The molecule has 0 fully saturated rings. The summed E-state index contributed by atoms with van der Waals surface area (Å²) in [5.41, 5.74) is 2.60. The highest BCUT2D eigenvalue weighted by atomic mass is 35.5. The number of nitrogens with zero attached hydrogens (tertiary/aromatic N) is 2. The summed E-state index contributed by atoms with van der Waals surface area (Å²) < 4.78 is 2.00. The Balaban J connectivity index is 1.75. The molecule has 2 aromatic carbocycles. The zero-order valence-corrected chi connectivity index (χ0v) is 14.4. The van der Waals surface area contributed by atoms with Crippen molar-refractivity contribution in [3.8, 4) is 0 Å². The molecule has 0 radical (unpaired) electrons. The predicted octanol–water partition coefficient (Wildman–Crippen LogP) is 4.35. The van der Waals surface area contributed by atoms with Gasteiger partial charge in [-0.1, -0.05) is 47.6 Å². The van der Waals surface area contributed by atoms with Gasteiger partial charge in [-0.2, -0.15) is 0 Å². The summed E-state index contributed by atoms with van der Waals surface area (Å²) in [5, 5.41) is 3.91. The molecule has 1 atom stereocenters. The topological polar surface area (TPSA) is 46.9 Å². The quantitative estimate of drug-likeness (QED) is 0.715. The molecule has 0 aliphatic carbocycles. The molecule has 4 nitrogen and oxygen atoms in total. The number of nitrogens with one attached hydrogen (secondary N) is 1. The number of aryl methyl sites for hydroxylation is 1. The van der Waals surface area contributed by atoms with Gasteiger partial charge in [-0.25, -0.2) is 4.98 Å². The van der Waals surface area contributed by atoms with Gasteiger partial charge in [-0.05, 0) is 31.2 Å². The van der Waals surface area contributed by atoms with E-state index in [1.807, 2.05) is 54.9 Å². The number of carbonyl (C=O) groups excluding carboxylic acids is 1. The Labute approximate surface area is 143 Å². The van der Waals surface area contributed by atoms with Crippen molar-refractivity contribution in [3.63, 3.8) is 0 Å². The highest BCUT2D eigenvalue weighted by molar-refractivity contribution is 8.00. The van der Waals surface area contributed by atoms with Crippen molar-refractivity contribution in [1.82, 2.24) is 9.55 Å². The second kappa shape index (κ2) is 6.64. The van der Waals surface area contributed by atoms with Gasteiger partial charge in [0.15, 0.2) is 5.16 Å². The predicted molar refractivity (Wildman–Crippen MR) is 96.1 cm³/mol. The van der Waals surface area contributed by atoms with E-state index in [-0.39, 0.29) is 11.2 Å². The Bertz CT molecular complexity index is 862. The minimum Gasteiger partial charge on any atom is -0.324 e. The lowest BCUT2D eigenvalue weighted by Gasteiger charge is -2.12. The first-order valence-corrected chi connectivity index (χ1v) is 8.45. The number of imidazole rings is 1. The SMILES string of the molecule is C[C@@H](Sc1nc2ccccc2n1C)C(=O)Nc1ccccc1Cl. The Kier molecular flexibility index (Phi) is 4.59. The van der Waals surface area contributed by atoms with Crippen molar-refractivity contribution >= 4 is 46.0 Å². The molecule has 1 N–H and O–H groups in total. The van der Waals surface area contributed by atoms with Crippen LogP contribution in [0.2, 0.25) is 5.02 Å². The number of hydrogen-bond donors (Lipinski definition) is 1. The number of carbonyl (C=O) groups is 1. The van der Waals surface area contributed by atoms with Gasteiger partial charge in [-0.15, -0.1) is 0 Å². The van der Waals surface area contributed by atoms with Gasteiger partial charge in [0, 0.05) is 7.05 Å². The molecule has 3 rings (SSSR count). The minimum atomic E-state index is -0.290. The van der Waals surface area contributed by atoms with Crippen LogP contribution in [-0.2, 0) is 11.8 Å². The van der Waals surface area contributed by atoms with Crippen molar-refractivity contribution in [2.24, 2.45) is 7.05 Å². The molecule has 1 aromatic heterocycles. The van der Waals surface area contributed by atoms with E-state index in [2.05, 4.69) is 10.3 Å². The van der Waals surface area contributed by atoms with Crippen molar-refractivity contribution in [2.75, 3.05) is 5.32 Å². The number of thioether (sulfide) groups is 1. The van der Waals surface area contributed by atoms with Crippen LogP contribution in [0.15, 0.2) is 53.7 Å². The second-order valence-corrected chi connectivity index (χ2v) is 6.89. The number of anilines is 1. The number of fused-ring (bicyclic) bond motifs is 1. The number of para-hydroxylation sites is 3. The molecule has 1 heterocycles. The maximum Gasteiger partial charge on any atom is 0.237 e. The van der Waals surface area contributed by atoms with Gasteiger partial charge in [0.25, 0.3) is 0 Å². The molecule has 1 amide bonds. The van der Waals surface area contributed by atoms with Gasteiger partial charge < -0.3 is 9.88 Å². The van der Waals surface area contributed by atoms with Crippen LogP contribution < -0.4 is 5.32 Å². The molecule has 0 aliphatic rings. The van der Waals surface area contributed by atoms with Crippen molar-refractivity contribution in [3.05, 3.63) is 53.6 Å². The number of benzene rings is 2. The second-order valence-electron chi connectivity index (χ2n) is 5.17. The first-order valence-electron chi connectivity index (χ1n) is 7.20. The zero-order chi connectivity index (χ0) is 16.4. The Morgan fingerprint density at radius 2 is 1.91 bits per heavy atom. The molecule has 6 heteroatoms. The first kappa shape index (κ1) is 15.9. The van der Waals surface area contributed by atoms with Crippen LogP contribution in [-0.4, -0.2) is 20.7 Å². The number of hydrogen-bond acceptors (Lipinski definition) is 3. The first-order chi connectivity index (χ1) is 11.1. The van der Waals surface area contributed by atoms with Gasteiger partial charge in [-0.3, -0.25) is 4.79 Å². The third-order valence-electron chi connectivity index (χ3n) is 3.53. The van der Waals surface area contributed by atoms with Gasteiger partial charge in [0.1, 0.15) is 0 Å². The molecule has 0 aliphatic heterocycles. The molecule has 0 spiro atoms. The molecular weight excluding hydrogens is 330 g/mol. The normalized spacial score (nSPS) is 12.3. The third kappa shape index (κ3) is 3.35. The average Bonchev–Trinajstić information content (AvgIpc) is 2.86. The zero-order valence-electron chi connectivity index (χ0n) is 12.8. The van der Waals surface area contributed by atoms with E-state index in [4.69, 9.17) is 11.6 Å². The lowest BCUT2D eigenvalue weighted by molar-refractivity contribution is -0.115. The molecule has 0 saturated heterocycles. The fourth-order valence-corrected chi connectivity index (χ4v) is 3.31. The van der Waals surface area contributed by atoms with Crippen LogP contribution >= 0.6 is 23.4 Å². The van der Waals surface area contributed by atoms with E-state index in [1.54, 1.807) is 12.1 Å². The highest BCUT2D eigenvalue weighted by Gasteiger charge is 2.19. The van der Waals surface area contributed by atoms with Gasteiger partial charge in [0.05, 0.1) is 27.0 Å². The summed E-state index contributed by atoms with van der Waals surface area (Å²) >= 11 is 7.50. The summed E-state index contributed by atoms with van der Waals surface area (Å²) in [6.07, 6.45) is 0. The molecular formula is C17H16ClN3OS. The molecule has 118 valence electrons. The van der Waals surface area contributed by atoms with Crippen LogP contribution in [0, 0.1) is 0 Å². The van der Waals surface area contributed by atoms with E-state index in [0.717, 1.165) is 16.2 Å². The smallest absolute Gasteiger partial charge is 0.237 e. The van der Waals surface area contributed by atoms with Gasteiger partial charge >= 0.3 is 0 Å². The van der Waals surface area contributed by atoms with Crippen LogP contribution in [0.5, 0.6) is 0 Å². The van der Waals surface area contributed by atoms with Crippen LogP contribution in [0.25, 0.3) is 11.0 Å². The highest BCUT2D eigenvalue weighted by Crippen LogP contribution is 2.27. The fraction of sp³-hybridized carbons (Fsp3) is 0.176. The molecule has 23 heavy (non-hydrogen) atoms. The fourth-order valence-electron chi connectivity index (χ4n) is 2.24. The lowest BCUT2D eigenvalue weighted by atomic mass is 10.3. The van der Waals surface area contributed by atoms with E-state index < -0.39 is 0 Å². The molecule has 3 aromatic rings. The van der Waals surface area contributed by atoms with E-state index in [0.29, 0.717) is 10.7 Å². The van der Waals surface area contributed by atoms with E-state index >= 15 is 0 Å². The standard InChI is InChI=1S/C17H16ClN3OS/c1-11(16(22)19-13-8-4-3-7-12(13)18)23-17-20-14-9-5-6-10-15(14)21(17)2/h3-11H,1-2H3,(H,19,22)/t11-/m1/s1. The Hall–Kier alpha value is -1.98. The summed E-state index contributed by atoms with van der Waals surface area (Å²) in [6.45, 7) is 1.86. The molecule has 0 unspecified atom stereocenters. The summed E-state index contributed by atoms with van der Waals surface area (Å²) in [4.78, 5) is 16.9. The Morgan fingerprint density at radius 3 is 2.65 bits per heavy atom. The summed E-state index contributed by atoms with van der Waals surface area (Å²) in [5.74, 6) is -0.102. The van der Waals surface area contributed by atoms with E-state index in [1.165, 1.54) is 11.8 Å². The van der Waals surface area contributed by atoms with Gasteiger partial charge in [0.2, 0.25) is 5.91 Å². The van der Waals surface area contributed by atoms with Crippen LogP contribution in [0.1, 0.15) is 6.92 Å². The molecule has 0 bridgehead atoms. The van der Waals surface area contributed by atoms with Crippen LogP contribution in [0.3, 0.4) is 0 Å². The maximum atomic E-state index is 12.4. The summed E-state index contributed by atoms with van der Waals surface area (Å²) in [7, 11) is 1.95. The number of halogens is 1. The largest absolute Gasteiger partial charge is 0.324 e. The summed E-state index contributed by atoms with van der Waals surface area (Å²) in [6, 6.07) is 15.1. The van der Waals surface area contributed by atoms with E-state index in [9.17, 15) is 4.79 Å². The molecule has 0 saturated carbocycles. The maximum absolute atomic E-state index is 12.4. The number of rotatable bonds is 4. The van der Waals surface area contributed by atoms with Crippen LogP contribution in [0.4, 0.5) is 5.69 Å². The Morgan fingerprint density at radius 1 is 1.22 bits per heavy atom. The average molecular weight is 346 g/mol.